The maximum absolute atomic E-state index is 12.0. The standard InChI is InChI=1S/C13H13F3N2O3/c1-8(2)21-11-4-3-9(6-17)5-10(11)18-12(19)20-7-13(14,15)16/h3-5,8H,7H2,1-2H3,(H,18,19). The van der Waals surface area contributed by atoms with E-state index in [1.165, 1.54) is 18.2 Å². The van der Waals surface area contributed by atoms with Gasteiger partial charge in [-0.25, -0.2) is 4.79 Å². The Hall–Kier alpha value is -2.43. The summed E-state index contributed by atoms with van der Waals surface area (Å²) in [6.07, 6.45) is -6.11. The average Bonchev–Trinajstić information content (AvgIpc) is 2.37. The number of carbonyl (C=O) groups excluding carboxylic acids is 1. The summed E-state index contributed by atoms with van der Waals surface area (Å²) in [7, 11) is 0. The number of benzene rings is 1. The number of nitrogens with zero attached hydrogens (tertiary/aromatic N) is 1. The first-order valence-electron chi connectivity index (χ1n) is 5.92. The van der Waals surface area contributed by atoms with Crippen molar-refractivity contribution >= 4 is 11.8 Å². The molecule has 0 aliphatic heterocycles. The third-order valence-electron chi connectivity index (χ3n) is 2.07. The molecule has 0 heterocycles. The van der Waals surface area contributed by atoms with E-state index >= 15 is 0 Å². The van der Waals surface area contributed by atoms with Crippen molar-refractivity contribution in [3.05, 3.63) is 23.8 Å². The smallest absolute Gasteiger partial charge is 0.422 e. The number of hydrogen-bond acceptors (Lipinski definition) is 4. The zero-order valence-corrected chi connectivity index (χ0v) is 11.3. The van der Waals surface area contributed by atoms with E-state index in [4.69, 9.17) is 10.00 Å². The van der Waals surface area contributed by atoms with E-state index in [1.807, 2.05) is 6.07 Å². The summed E-state index contributed by atoms with van der Waals surface area (Å²) >= 11 is 0. The molecule has 5 nitrogen and oxygen atoms in total. The van der Waals surface area contributed by atoms with Gasteiger partial charge in [-0.1, -0.05) is 0 Å². The van der Waals surface area contributed by atoms with Crippen molar-refractivity contribution in [3.8, 4) is 11.8 Å². The molecule has 0 aliphatic carbocycles. The summed E-state index contributed by atoms with van der Waals surface area (Å²) < 4.78 is 45.3. The largest absolute Gasteiger partial charge is 0.489 e. The Morgan fingerprint density at radius 1 is 1.43 bits per heavy atom. The fourth-order valence-electron chi connectivity index (χ4n) is 1.35. The molecule has 0 fully saturated rings. The number of amides is 1. The van der Waals surface area contributed by atoms with E-state index in [1.54, 1.807) is 13.8 Å². The Morgan fingerprint density at radius 2 is 2.10 bits per heavy atom. The molecule has 1 rings (SSSR count). The molecule has 0 radical (unpaired) electrons. The Labute approximate surface area is 119 Å². The van der Waals surface area contributed by atoms with Crippen LogP contribution in [0.4, 0.5) is 23.7 Å². The van der Waals surface area contributed by atoms with Crippen LogP contribution < -0.4 is 10.1 Å². The molecule has 0 spiro atoms. The molecule has 114 valence electrons. The first-order chi connectivity index (χ1) is 9.71. The molecule has 0 aliphatic rings. The summed E-state index contributed by atoms with van der Waals surface area (Å²) in [5.74, 6) is 0.230. The lowest BCUT2D eigenvalue weighted by Gasteiger charge is -2.15. The Kier molecular flexibility index (Phi) is 5.41. The van der Waals surface area contributed by atoms with Crippen molar-refractivity contribution in [1.29, 1.82) is 5.26 Å². The van der Waals surface area contributed by atoms with Crippen LogP contribution in [0.25, 0.3) is 0 Å². The number of nitriles is 1. The number of nitrogens with one attached hydrogen (secondary N) is 1. The van der Waals surface area contributed by atoms with E-state index in [-0.39, 0.29) is 23.1 Å². The van der Waals surface area contributed by atoms with Crippen molar-refractivity contribution in [3.63, 3.8) is 0 Å². The number of alkyl halides is 3. The minimum Gasteiger partial charge on any atom is -0.489 e. The number of ether oxygens (including phenoxy) is 2. The second kappa shape index (κ2) is 6.83. The molecule has 8 heteroatoms. The first kappa shape index (κ1) is 16.6. The zero-order valence-electron chi connectivity index (χ0n) is 11.3. The van der Waals surface area contributed by atoms with Gasteiger partial charge in [0.05, 0.1) is 23.4 Å². The second-order valence-corrected chi connectivity index (χ2v) is 4.31. The van der Waals surface area contributed by atoms with Gasteiger partial charge in [0.1, 0.15) is 5.75 Å². The molecular weight excluding hydrogens is 289 g/mol. The predicted molar refractivity (Wildman–Crippen MR) is 67.9 cm³/mol. The van der Waals surface area contributed by atoms with Gasteiger partial charge in [0.15, 0.2) is 6.61 Å². The Balaban J connectivity index is 2.84. The molecule has 1 amide bonds. The number of anilines is 1. The summed E-state index contributed by atoms with van der Waals surface area (Å²) in [5, 5.41) is 10.9. The zero-order chi connectivity index (χ0) is 16.0. The molecular formula is C13H13F3N2O3. The van der Waals surface area contributed by atoms with Crippen molar-refractivity contribution in [1.82, 2.24) is 0 Å². The van der Waals surface area contributed by atoms with Crippen molar-refractivity contribution in [2.24, 2.45) is 0 Å². The van der Waals surface area contributed by atoms with Crippen LogP contribution >= 0.6 is 0 Å². The number of hydrogen-bond donors (Lipinski definition) is 1. The van der Waals surface area contributed by atoms with Gasteiger partial charge in [0, 0.05) is 0 Å². The lowest BCUT2D eigenvalue weighted by Crippen LogP contribution is -2.23. The lowest BCUT2D eigenvalue weighted by molar-refractivity contribution is -0.159. The van der Waals surface area contributed by atoms with Crippen LogP contribution in [0.1, 0.15) is 19.4 Å². The van der Waals surface area contributed by atoms with Crippen LogP contribution in [0, 0.1) is 11.3 Å². The maximum Gasteiger partial charge on any atom is 0.422 e. The van der Waals surface area contributed by atoms with Crippen LogP contribution in [0.5, 0.6) is 5.75 Å². The molecule has 21 heavy (non-hydrogen) atoms. The van der Waals surface area contributed by atoms with Crippen molar-refractivity contribution < 1.29 is 27.4 Å². The summed E-state index contributed by atoms with van der Waals surface area (Å²) in [6.45, 7) is 1.78. The van der Waals surface area contributed by atoms with E-state index < -0.39 is 18.9 Å². The average molecular weight is 302 g/mol. The third kappa shape index (κ3) is 6.03. The Morgan fingerprint density at radius 3 is 2.62 bits per heavy atom. The highest BCUT2D eigenvalue weighted by atomic mass is 19.4. The fraction of sp³-hybridized carbons (Fsp3) is 0.385. The normalized spacial score (nSPS) is 10.9. The minimum absolute atomic E-state index is 0.0647. The summed E-state index contributed by atoms with van der Waals surface area (Å²) in [5.41, 5.74) is 0.284. The highest BCUT2D eigenvalue weighted by Gasteiger charge is 2.29. The van der Waals surface area contributed by atoms with Gasteiger partial charge < -0.3 is 9.47 Å². The van der Waals surface area contributed by atoms with Gasteiger partial charge >= 0.3 is 12.3 Å². The van der Waals surface area contributed by atoms with Crippen LogP contribution in [0.3, 0.4) is 0 Å². The molecule has 0 bridgehead atoms. The summed E-state index contributed by atoms with van der Waals surface area (Å²) in [4.78, 5) is 11.3. The molecule has 0 saturated heterocycles. The maximum atomic E-state index is 12.0. The van der Waals surface area contributed by atoms with Gasteiger partial charge in [0.25, 0.3) is 0 Å². The van der Waals surface area contributed by atoms with Crippen LogP contribution in [0.2, 0.25) is 0 Å². The minimum atomic E-state index is -4.61. The van der Waals surface area contributed by atoms with Gasteiger partial charge in [-0.2, -0.15) is 18.4 Å². The van der Waals surface area contributed by atoms with Crippen LogP contribution in [0.15, 0.2) is 18.2 Å². The molecule has 0 atom stereocenters. The van der Waals surface area contributed by atoms with E-state index in [0.717, 1.165) is 0 Å². The van der Waals surface area contributed by atoms with Gasteiger partial charge in [-0.15, -0.1) is 0 Å². The third-order valence-corrected chi connectivity index (χ3v) is 2.07. The predicted octanol–water partition coefficient (Wildman–Crippen LogP) is 3.46. The van der Waals surface area contributed by atoms with E-state index in [0.29, 0.717) is 0 Å². The van der Waals surface area contributed by atoms with E-state index in [2.05, 4.69) is 10.1 Å². The number of halogens is 3. The molecule has 1 N–H and O–H groups in total. The molecule has 0 unspecified atom stereocenters. The van der Waals surface area contributed by atoms with Crippen LogP contribution in [-0.4, -0.2) is 25.0 Å². The second-order valence-electron chi connectivity index (χ2n) is 4.31. The van der Waals surface area contributed by atoms with Gasteiger partial charge in [-0.05, 0) is 32.0 Å². The molecule has 1 aromatic rings. The summed E-state index contributed by atoms with van der Waals surface area (Å²) in [6, 6.07) is 6.04. The van der Waals surface area contributed by atoms with Crippen molar-refractivity contribution in [2.45, 2.75) is 26.1 Å². The monoisotopic (exact) mass is 302 g/mol. The SMILES string of the molecule is CC(C)Oc1ccc(C#N)cc1NC(=O)OCC(F)(F)F. The van der Waals surface area contributed by atoms with Gasteiger partial charge in [-0.3, -0.25) is 5.32 Å². The topological polar surface area (TPSA) is 71.3 Å². The first-order valence-corrected chi connectivity index (χ1v) is 5.92. The fourth-order valence-corrected chi connectivity index (χ4v) is 1.35. The Bertz CT molecular complexity index is 551. The molecule has 0 aromatic heterocycles. The number of rotatable bonds is 4. The quantitative estimate of drug-likeness (QED) is 0.924. The highest BCUT2D eigenvalue weighted by Crippen LogP contribution is 2.27. The number of carbonyl (C=O) groups is 1. The molecule has 1 aromatic carbocycles. The highest BCUT2D eigenvalue weighted by molar-refractivity contribution is 5.87. The van der Waals surface area contributed by atoms with E-state index in [9.17, 15) is 18.0 Å². The van der Waals surface area contributed by atoms with Crippen LogP contribution in [-0.2, 0) is 4.74 Å². The lowest BCUT2D eigenvalue weighted by atomic mass is 10.2. The van der Waals surface area contributed by atoms with Crippen molar-refractivity contribution in [2.75, 3.05) is 11.9 Å². The van der Waals surface area contributed by atoms with Gasteiger partial charge in [0.2, 0.25) is 0 Å². The molecule has 0 saturated carbocycles.